The number of aromatic nitrogens is 1. The zero-order valence-corrected chi connectivity index (χ0v) is 16.3. The van der Waals surface area contributed by atoms with E-state index in [0.29, 0.717) is 22.8 Å². The zero-order chi connectivity index (χ0) is 19.4. The molecule has 2 heterocycles. The highest BCUT2D eigenvalue weighted by Crippen LogP contribution is 2.23. The average molecular weight is 384 g/mol. The van der Waals surface area contributed by atoms with E-state index >= 15 is 0 Å². The Morgan fingerprint density at radius 2 is 1.96 bits per heavy atom. The van der Waals surface area contributed by atoms with Crippen molar-refractivity contribution in [3.8, 4) is 6.07 Å². The highest BCUT2D eigenvalue weighted by atomic mass is 35.5. The lowest BCUT2D eigenvalue weighted by Crippen LogP contribution is -2.49. The molecule has 2 aromatic rings. The van der Waals surface area contributed by atoms with Gasteiger partial charge in [-0.2, -0.15) is 5.26 Å². The quantitative estimate of drug-likeness (QED) is 0.878. The van der Waals surface area contributed by atoms with Gasteiger partial charge in [0.25, 0.3) is 0 Å². The van der Waals surface area contributed by atoms with Gasteiger partial charge in [-0.3, -0.25) is 9.69 Å². The van der Waals surface area contributed by atoms with Crippen LogP contribution in [-0.2, 0) is 4.79 Å². The number of nitrogens with zero attached hydrogens (tertiary/aromatic N) is 4. The Kier molecular flexibility index (Phi) is 5.94. The van der Waals surface area contributed by atoms with Crippen LogP contribution < -0.4 is 10.2 Å². The number of piperazine rings is 1. The number of pyridine rings is 1. The second-order valence-corrected chi connectivity index (χ2v) is 7.09. The van der Waals surface area contributed by atoms with E-state index in [1.807, 2.05) is 32.0 Å². The molecule has 1 aliphatic rings. The molecular weight excluding hydrogens is 362 g/mol. The van der Waals surface area contributed by atoms with Gasteiger partial charge in [0.15, 0.2) is 0 Å². The summed E-state index contributed by atoms with van der Waals surface area (Å²) in [7, 11) is 0. The smallest absolute Gasteiger partial charge is 0.238 e. The van der Waals surface area contributed by atoms with Gasteiger partial charge in [-0.05, 0) is 37.6 Å². The minimum Gasteiger partial charge on any atom is -0.353 e. The number of para-hydroxylation sites is 1. The molecule has 1 amide bonds. The van der Waals surface area contributed by atoms with Gasteiger partial charge in [0, 0.05) is 31.9 Å². The largest absolute Gasteiger partial charge is 0.353 e. The van der Waals surface area contributed by atoms with E-state index in [-0.39, 0.29) is 5.91 Å². The van der Waals surface area contributed by atoms with Gasteiger partial charge in [0.1, 0.15) is 11.9 Å². The molecule has 0 saturated carbocycles. The zero-order valence-electron chi connectivity index (χ0n) is 15.5. The Balaban J connectivity index is 1.59. The first-order chi connectivity index (χ1) is 13.0. The summed E-state index contributed by atoms with van der Waals surface area (Å²) in [6, 6.07) is 11.4. The predicted octanol–water partition coefficient (Wildman–Crippen LogP) is 2.98. The SMILES string of the molecule is Cc1cc(C)c(C#N)c(N2CCN(CC(=O)Nc3ccccc3Cl)CC2)n1. The number of rotatable bonds is 4. The molecule has 1 N–H and O–H groups in total. The first-order valence-corrected chi connectivity index (χ1v) is 9.25. The number of anilines is 2. The predicted molar refractivity (Wildman–Crippen MR) is 107 cm³/mol. The monoisotopic (exact) mass is 383 g/mol. The Hall–Kier alpha value is -2.62. The Labute approximate surface area is 164 Å². The summed E-state index contributed by atoms with van der Waals surface area (Å²) in [5.74, 6) is 0.661. The molecule has 0 atom stereocenters. The van der Waals surface area contributed by atoms with E-state index in [0.717, 1.165) is 43.3 Å². The van der Waals surface area contributed by atoms with Crippen LogP contribution in [0.15, 0.2) is 30.3 Å². The van der Waals surface area contributed by atoms with Gasteiger partial charge in [-0.15, -0.1) is 0 Å². The van der Waals surface area contributed by atoms with E-state index in [4.69, 9.17) is 11.6 Å². The maximum Gasteiger partial charge on any atom is 0.238 e. The van der Waals surface area contributed by atoms with Crippen LogP contribution in [0.1, 0.15) is 16.8 Å². The molecule has 1 aromatic carbocycles. The number of halogens is 1. The Morgan fingerprint density at radius 3 is 2.63 bits per heavy atom. The summed E-state index contributed by atoms with van der Waals surface area (Å²) in [6.45, 7) is 7.10. The maximum absolute atomic E-state index is 12.3. The average Bonchev–Trinajstić information content (AvgIpc) is 2.64. The summed E-state index contributed by atoms with van der Waals surface area (Å²) < 4.78 is 0. The number of benzene rings is 1. The molecule has 6 nitrogen and oxygen atoms in total. The van der Waals surface area contributed by atoms with Crippen molar-refractivity contribution in [2.45, 2.75) is 13.8 Å². The number of nitrogens with one attached hydrogen (secondary N) is 1. The molecule has 27 heavy (non-hydrogen) atoms. The summed E-state index contributed by atoms with van der Waals surface area (Å²) >= 11 is 6.08. The molecule has 0 radical (unpaired) electrons. The summed E-state index contributed by atoms with van der Waals surface area (Å²) in [5, 5.41) is 12.8. The fourth-order valence-electron chi connectivity index (χ4n) is 3.26. The van der Waals surface area contributed by atoms with Crippen LogP contribution in [0, 0.1) is 25.2 Å². The summed E-state index contributed by atoms with van der Waals surface area (Å²) in [5.41, 5.74) is 3.11. The number of hydrogen-bond acceptors (Lipinski definition) is 5. The maximum atomic E-state index is 12.3. The van der Waals surface area contributed by atoms with Crippen molar-refractivity contribution in [2.75, 3.05) is 42.9 Å². The topological polar surface area (TPSA) is 72.3 Å². The van der Waals surface area contributed by atoms with Gasteiger partial charge in [0.2, 0.25) is 5.91 Å². The lowest BCUT2D eigenvalue weighted by Gasteiger charge is -2.35. The van der Waals surface area contributed by atoms with Crippen molar-refractivity contribution in [1.82, 2.24) is 9.88 Å². The van der Waals surface area contributed by atoms with Crippen LogP contribution >= 0.6 is 11.6 Å². The molecule has 1 aromatic heterocycles. The van der Waals surface area contributed by atoms with E-state index in [1.165, 1.54) is 0 Å². The lowest BCUT2D eigenvalue weighted by molar-refractivity contribution is -0.117. The van der Waals surface area contributed by atoms with Crippen molar-refractivity contribution in [2.24, 2.45) is 0 Å². The van der Waals surface area contributed by atoms with E-state index < -0.39 is 0 Å². The van der Waals surface area contributed by atoms with Crippen LogP contribution in [0.5, 0.6) is 0 Å². The highest BCUT2D eigenvalue weighted by molar-refractivity contribution is 6.33. The molecule has 0 unspecified atom stereocenters. The molecule has 140 valence electrons. The molecule has 3 rings (SSSR count). The lowest BCUT2D eigenvalue weighted by atomic mass is 10.1. The fraction of sp³-hybridized carbons (Fsp3) is 0.350. The van der Waals surface area contributed by atoms with E-state index in [9.17, 15) is 10.1 Å². The van der Waals surface area contributed by atoms with Gasteiger partial charge in [-0.25, -0.2) is 4.98 Å². The molecule has 1 aliphatic heterocycles. The molecular formula is C20H22ClN5O. The second-order valence-electron chi connectivity index (χ2n) is 6.68. The van der Waals surface area contributed by atoms with Crippen molar-refractivity contribution in [3.05, 3.63) is 52.2 Å². The van der Waals surface area contributed by atoms with Crippen molar-refractivity contribution >= 4 is 29.0 Å². The van der Waals surface area contributed by atoms with Crippen molar-refractivity contribution < 1.29 is 4.79 Å². The summed E-state index contributed by atoms with van der Waals surface area (Å²) in [6.07, 6.45) is 0. The third kappa shape index (κ3) is 4.57. The van der Waals surface area contributed by atoms with Gasteiger partial charge in [-0.1, -0.05) is 23.7 Å². The normalized spacial score (nSPS) is 14.7. The first-order valence-electron chi connectivity index (χ1n) is 8.88. The first kappa shape index (κ1) is 19.2. The number of amides is 1. The van der Waals surface area contributed by atoms with E-state index in [1.54, 1.807) is 12.1 Å². The van der Waals surface area contributed by atoms with Crippen molar-refractivity contribution in [1.29, 1.82) is 5.26 Å². The molecule has 7 heteroatoms. The number of aryl methyl sites for hydroxylation is 2. The fourth-order valence-corrected chi connectivity index (χ4v) is 3.44. The Morgan fingerprint density at radius 1 is 1.26 bits per heavy atom. The Bertz CT molecular complexity index is 884. The van der Waals surface area contributed by atoms with Gasteiger partial charge in [0.05, 0.1) is 22.8 Å². The minimum absolute atomic E-state index is 0.0845. The summed E-state index contributed by atoms with van der Waals surface area (Å²) in [4.78, 5) is 21.1. The second kappa shape index (κ2) is 8.38. The van der Waals surface area contributed by atoms with Gasteiger partial charge >= 0.3 is 0 Å². The molecule has 0 aliphatic carbocycles. The van der Waals surface area contributed by atoms with Crippen LogP contribution in [-0.4, -0.2) is 48.5 Å². The number of carbonyl (C=O) groups is 1. The third-order valence-electron chi connectivity index (χ3n) is 4.62. The standard InChI is InChI=1S/C20H22ClN5O/c1-14-11-15(2)23-20(16(14)12-22)26-9-7-25(8-10-26)13-19(27)24-18-6-4-3-5-17(18)21/h3-6,11H,7-10,13H2,1-2H3,(H,24,27). The van der Waals surface area contributed by atoms with Crippen LogP contribution in [0.2, 0.25) is 5.02 Å². The number of nitriles is 1. The van der Waals surface area contributed by atoms with Crippen molar-refractivity contribution in [3.63, 3.8) is 0 Å². The molecule has 0 bridgehead atoms. The number of hydrogen-bond donors (Lipinski definition) is 1. The van der Waals surface area contributed by atoms with Crippen LogP contribution in [0.4, 0.5) is 11.5 Å². The van der Waals surface area contributed by atoms with E-state index in [2.05, 4.69) is 26.2 Å². The third-order valence-corrected chi connectivity index (χ3v) is 4.95. The van der Waals surface area contributed by atoms with Crippen LogP contribution in [0.3, 0.4) is 0 Å². The minimum atomic E-state index is -0.0845. The molecule has 0 spiro atoms. The van der Waals surface area contributed by atoms with Gasteiger partial charge < -0.3 is 10.2 Å². The molecule has 1 saturated heterocycles. The number of carbonyl (C=O) groups excluding carboxylic acids is 1. The van der Waals surface area contributed by atoms with Crippen LogP contribution in [0.25, 0.3) is 0 Å². The highest BCUT2D eigenvalue weighted by Gasteiger charge is 2.23. The molecule has 1 fully saturated rings.